The van der Waals surface area contributed by atoms with E-state index in [1.54, 1.807) is 12.1 Å². The van der Waals surface area contributed by atoms with Crippen LogP contribution < -0.4 is 16.8 Å². The highest BCUT2D eigenvalue weighted by Crippen LogP contribution is 2.26. The summed E-state index contributed by atoms with van der Waals surface area (Å²) in [7, 11) is 0. The van der Waals surface area contributed by atoms with Crippen molar-refractivity contribution in [2.45, 2.75) is 6.04 Å². The van der Waals surface area contributed by atoms with Crippen molar-refractivity contribution in [1.82, 2.24) is 4.98 Å². The summed E-state index contributed by atoms with van der Waals surface area (Å²) in [6.45, 7) is 3.67. The molecular weight excluding hydrogens is 216 g/mol. The Morgan fingerprint density at radius 3 is 2.94 bits per heavy atom. The van der Waals surface area contributed by atoms with Gasteiger partial charge in [0.15, 0.2) is 0 Å². The molecule has 0 spiro atoms. The van der Waals surface area contributed by atoms with Gasteiger partial charge in [-0.1, -0.05) is 6.08 Å². The molecular formula is C12H14N4O. The van der Waals surface area contributed by atoms with Gasteiger partial charge < -0.3 is 21.8 Å². The van der Waals surface area contributed by atoms with Gasteiger partial charge in [-0.25, -0.2) is 4.79 Å². The lowest BCUT2D eigenvalue weighted by Gasteiger charge is -2.06. The maximum atomic E-state index is 10.8. The van der Waals surface area contributed by atoms with Crippen LogP contribution in [0.4, 0.5) is 10.5 Å². The zero-order valence-electron chi connectivity index (χ0n) is 9.23. The molecule has 0 aliphatic rings. The van der Waals surface area contributed by atoms with Crippen molar-refractivity contribution in [3.63, 3.8) is 0 Å². The highest BCUT2D eigenvalue weighted by molar-refractivity contribution is 5.93. The highest BCUT2D eigenvalue weighted by Gasteiger charge is 2.09. The number of carbonyl (C=O) groups excluding carboxylic acids is 1. The fraction of sp³-hybridized carbons (Fsp3) is 0.0833. The van der Waals surface area contributed by atoms with Crippen molar-refractivity contribution in [2.75, 3.05) is 5.32 Å². The number of hydrogen-bond donors (Lipinski definition) is 4. The number of aromatic amines is 1. The highest BCUT2D eigenvalue weighted by atomic mass is 16.2. The Morgan fingerprint density at radius 2 is 2.29 bits per heavy atom. The van der Waals surface area contributed by atoms with Crippen molar-refractivity contribution in [3.8, 4) is 0 Å². The van der Waals surface area contributed by atoms with Crippen LogP contribution in [0.5, 0.6) is 0 Å². The number of rotatable bonds is 3. The van der Waals surface area contributed by atoms with Crippen molar-refractivity contribution >= 4 is 22.6 Å². The molecule has 1 unspecified atom stereocenters. The molecule has 0 aliphatic carbocycles. The number of hydrogen-bond acceptors (Lipinski definition) is 2. The van der Waals surface area contributed by atoms with E-state index < -0.39 is 6.03 Å². The van der Waals surface area contributed by atoms with E-state index in [-0.39, 0.29) is 6.04 Å². The molecule has 1 aromatic carbocycles. The number of urea groups is 1. The van der Waals surface area contributed by atoms with E-state index in [0.717, 1.165) is 16.5 Å². The molecule has 1 aromatic heterocycles. The molecule has 17 heavy (non-hydrogen) atoms. The smallest absolute Gasteiger partial charge is 0.316 e. The number of H-pyrrole nitrogens is 1. The van der Waals surface area contributed by atoms with Gasteiger partial charge in [-0.3, -0.25) is 0 Å². The lowest BCUT2D eigenvalue weighted by Crippen LogP contribution is -2.19. The average Bonchev–Trinajstić information content (AvgIpc) is 2.70. The molecule has 0 saturated carbocycles. The minimum atomic E-state index is -0.588. The van der Waals surface area contributed by atoms with E-state index in [1.807, 2.05) is 18.3 Å². The van der Waals surface area contributed by atoms with Crippen molar-refractivity contribution in [1.29, 1.82) is 0 Å². The SMILES string of the molecule is C=CC(N)c1c[nH]c2ccc(NC(N)=O)cc12. The number of anilines is 1. The predicted octanol–water partition coefficient (Wildman–Crippen LogP) is 1.84. The molecule has 1 atom stereocenters. The van der Waals surface area contributed by atoms with E-state index in [2.05, 4.69) is 16.9 Å². The van der Waals surface area contributed by atoms with Crippen LogP contribution in [0, 0.1) is 0 Å². The largest absolute Gasteiger partial charge is 0.361 e. The van der Waals surface area contributed by atoms with E-state index in [0.29, 0.717) is 5.69 Å². The summed E-state index contributed by atoms with van der Waals surface area (Å²) in [4.78, 5) is 13.9. The number of amides is 2. The van der Waals surface area contributed by atoms with Gasteiger partial charge in [0.25, 0.3) is 0 Å². The minimum Gasteiger partial charge on any atom is -0.361 e. The Bertz CT molecular complexity index is 573. The van der Waals surface area contributed by atoms with Crippen molar-refractivity contribution in [3.05, 3.63) is 42.6 Å². The third kappa shape index (κ3) is 2.14. The predicted molar refractivity (Wildman–Crippen MR) is 68.6 cm³/mol. The Morgan fingerprint density at radius 1 is 1.53 bits per heavy atom. The topological polar surface area (TPSA) is 96.9 Å². The molecule has 0 fully saturated rings. The van der Waals surface area contributed by atoms with Crippen LogP contribution in [-0.4, -0.2) is 11.0 Å². The summed E-state index contributed by atoms with van der Waals surface area (Å²) in [5.74, 6) is 0. The van der Waals surface area contributed by atoms with Gasteiger partial charge in [0.1, 0.15) is 0 Å². The number of carbonyl (C=O) groups is 1. The lowest BCUT2D eigenvalue weighted by molar-refractivity contribution is 0.259. The lowest BCUT2D eigenvalue weighted by atomic mass is 10.1. The Balaban J connectivity index is 2.49. The minimum absolute atomic E-state index is 0.243. The number of nitrogens with two attached hydrogens (primary N) is 2. The first kappa shape index (κ1) is 11.2. The molecule has 0 radical (unpaired) electrons. The molecule has 5 heteroatoms. The second-order valence-corrected chi connectivity index (χ2v) is 3.76. The summed E-state index contributed by atoms with van der Waals surface area (Å²) in [5.41, 5.74) is 13.5. The van der Waals surface area contributed by atoms with E-state index in [1.165, 1.54) is 0 Å². The number of nitrogens with one attached hydrogen (secondary N) is 2. The molecule has 2 aromatic rings. The Kier molecular flexibility index (Phi) is 2.84. The van der Waals surface area contributed by atoms with Gasteiger partial charge in [-0.05, 0) is 23.8 Å². The third-order valence-corrected chi connectivity index (χ3v) is 2.59. The van der Waals surface area contributed by atoms with Crippen molar-refractivity contribution in [2.24, 2.45) is 11.5 Å². The zero-order valence-corrected chi connectivity index (χ0v) is 9.23. The molecule has 88 valence electrons. The quantitative estimate of drug-likeness (QED) is 0.605. The van der Waals surface area contributed by atoms with E-state index >= 15 is 0 Å². The maximum Gasteiger partial charge on any atom is 0.316 e. The standard InChI is InChI=1S/C12H14N4O/c1-2-10(13)9-6-15-11-4-3-7(5-8(9)11)16-12(14)17/h2-6,10,15H,1,13H2,(H3,14,16,17). The van der Waals surface area contributed by atoms with Crippen LogP contribution in [0.25, 0.3) is 10.9 Å². The average molecular weight is 230 g/mol. The first-order chi connectivity index (χ1) is 8.11. The van der Waals surface area contributed by atoms with Gasteiger partial charge in [0.05, 0.1) is 0 Å². The molecule has 6 N–H and O–H groups in total. The number of aromatic nitrogens is 1. The van der Waals surface area contributed by atoms with E-state index in [9.17, 15) is 4.79 Å². The van der Waals surface area contributed by atoms with Crippen LogP contribution in [0.2, 0.25) is 0 Å². The van der Waals surface area contributed by atoms with E-state index in [4.69, 9.17) is 11.5 Å². The van der Waals surface area contributed by atoms with Crippen LogP contribution in [0.3, 0.4) is 0 Å². The summed E-state index contributed by atoms with van der Waals surface area (Å²) < 4.78 is 0. The third-order valence-electron chi connectivity index (χ3n) is 2.59. The second-order valence-electron chi connectivity index (χ2n) is 3.76. The zero-order chi connectivity index (χ0) is 12.4. The maximum absolute atomic E-state index is 10.8. The Hall–Kier alpha value is -2.27. The van der Waals surface area contributed by atoms with Crippen LogP contribution >= 0.6 is 0 Å². The molecule has 1 heterocycles. The number of fused-ring (bicyclic) bond motifs is 1. The van der Waals surface area contributed by atoms with Crippen LogP contribution in [0.1, 0.15) is 11.6 Å². The van der Waals surface area contributed by atoms with Crippen LogP contribution in [0.15, 0.2) is 37.1 Å². The number of primary amides is 1. The summed E-state index contributed by atoms with van der Waals surface area (Å²) in [5, 5.41) is 3.48. The van der Waals surface area contributed by atoms with Crippen molar-refractivity contribution < 1.29 is 4.79 Å². The molecule has 0 bridgehead atoms. The molecule has 0 saturated heterocycles. The molecule has 2 amide bonds. The van der Waals surface area contributed by atoms with Gasteiger partial charge in [0.2, 0.25) is 0 Å². The normalized spacial score (nSPS) is 12.3. The van der Waals surface area contributed by atoms with Gasteiger partial charge in [-0.2, -0.15) is 0 Å². The fourth-order valence-electron chi connectivity index (χ4n) is 1.76. The van der Waals surface area contributed by atoms with Gasteiger partial charge in [-0.15, -0.1) is 6.58 Å². The van der Waals surface area contributed by atoms with Crippen LogP contribution in [-0.2, 0) is 0 Å². The Labute approximate surface area is 98.5 Å². The molecule has 5 nitrogen and oxygen atoms in total. The first-order valence-corrected chi connectivity index (χ1v) is 5.17. The number of benzene rings is 1. The molecule has 0 aliphatic heterocycles. The first-order valence-electron chi connectivity index (χ1n) is 5.17. The summed E-state index contributed by atoms with van der Waals surface area (Å²) >= 11 is 0. The fourth-order valence-corrected chi connectivity index (χ4v) is 1.76. The van der Waals surface area contributed by atoms with Gasteiger partial charge >= 0.3 is 6.03 Å². The second kappa shape index (κ2) is 4.31. The molecule has 2 rings (SSSR count). The summed E-state index contributed by atoms with van der Waals surface area (Å²) in [6, 6.07) is 4.63. The summed E-state index contributed by atoms with van der Waals surface area (Å²) in [6.07, 6.45) is 3.50. The monoisotopic (exact) mass is 230 g/mol. The van der Waals surface area contributed by atoms with Gasteiger partial charge in [0, 0.05) is 28.8 Å².